The Balaban J connectivity index is 1.51. The standard InChI is InChI=1S/C25H24N6O/c1-15-3-4-16(9-17(15)13-26)14-28-24-23-10-18(27-2)5-8-22(23)25(30-29-24)31-19-6-7-20(31)12-21(32)11-19/h3-5,8-10,19-21,32H,6-7,11-12,14H2,1H3,(H,28,29). The molecule has 2 unspecified atom stereocenters. The normalized spacial score (nSPS) is 21.9. The quantitative estimate of drug-likeness (QED) is 0.601. The number of aliphatic hydroxyl groups excluding tert-OH is 1. The summed E-state index contributed by atoms with van der Waals surface area (Å²) in [5.74, 6) is 1.46. The number of aryl methyl sites for hydroxylation is 1. The van der Waals surface area contributed by atoms with Crippen molar-refractivity contribution in [1.29, 1.82) is 5.26 Å². The molecule has 0 saturated carbocycles. The molecule has 2 aliphatic heterocycles. The van der Waals surface area contributed by atoms with E-state index in [2.05, 4.69) is 31.3 Å². The lowest BCUT2D eigenvalue weighted by atomic mass is 9.99. The van der Waals surface area contributed by atoms with Gasteiger partial charge in [-0.25, -0.2) is 4.85 Å². The molecular formula is C25H24N6O. The molecule has 160 valence electrons. The van der Waals surface area contributed by atoms with E-state index >= 15 is 0 Å². The second kappa shape index (κ2) is 8.11. The molecule has 2 bridgehead atoms. The van der Waals surface area contributed by atoms with Gasteiger partial charge in [-0.3, -0.25) is 0 Å². The first kappa shape index (κ1) is 20.2. The highest BCUT2D eigenvalue weighted by Crippen LogP contribution is 2.42. The predicted molar refractivity (Wildman–Crippen MR) is 124 cm³/mol. The van der Waals surface area contributed by atoms with Crippen LogP contribution in [-0.2, 0) is 6.54 Å². The molecule has 2 aliphatic rings. The van der Waals surface area contributed by atoms with Gasteiger partial charge in [-0.15, -0.1) is 10.2 Å². The number of nitrogens with zero attached hydrogens (tertiary/aromatic N) is 5. The zero-order valence-corrected chi connectivity index (χ0v) is 17.9. The first-order valence-corrected chi connectivity index (χ1v) is 10.9. The number of benzene rings is 2. The third-order valence-electron chi connectivity index (χ3n) is 6.71. The van der Waals surface area contributed by atoms with Gasteiger partial charge in [0, 0.05) is 29.4 Å². The number of anilines is 2. The lowest BCUT2D eigenvalue weighted by Gasteiger charge is -2.38. The topological polar surface area (TPSA) is 89.4 Å². The van der Waals surface area contributed by atoms with Crippen LogP contribution in [0.1, 0.15) is 42.4 Å². The Labute approximate surface area is 187 Å². The number of rotatable bonds is 4. The maximum Gasteiger partial charge on any atom is 0.188 e. The number of piperidine rings is 1. The minimum atomic E-state index is -0.245. The molecule has 32 heavy (non-hydrogen) atoms. The zero-order valence-electron chi connectivity index (χ0n) is 17.9. The minimum absolute atomic E-state index is 0.245. The Hall–Kier alpha value is -3.68. The van der Waals surface area contributed by atoms with Gasteiger partial charge in [0.05, 0.1) is 24.3 Å². The third-order valence-corrected chi connectivity index (χ3v) is 6.71. The number of nitrogens with one attached hydrogen (secondary N) is 1. The van der Waals surface area contributed by atoms with Crippen LogP contribution in [-0.4, -0.2) is 33.5 Å². The van der Waals surface area contributed by atoms with Gasteiger partial charge >= 0.3 is 0 Å². The fraction of sp³-hybridized carbons (Fsp3) is 0.360. The number of aromatic nitrogens is 2. The Bertz CT molecular complexity index is 1260. The van der Waals surface area contributed by atoms with Gasteiger partial charge in [-0.2, -0.15) is 5.26 Å². The number of fused-ring (bicyclic) bond motifs is 3. The molecule has 2 fully saturated rings. The highest BCUT2D eigenvalue weighted by molar-refractivity contribution is 6.00. The fourth-order valence-corrected chi connectivity index (χ4v) is 5.10. The van der Waals surface area contributed by atoms with E-state index in [1.807, 2.05) is 43.3 Å². The second-order valence-corrected chi connectivity index (χ2v) is 8.75. The molecule has 0 radical (unpaired) electrons. The third kappa shape index (κ3) is 3.51. The SMILES string of the molecule is [C-]#[N+]c1ccc2c(N3C4CCC3CC(O)C4)nnc(NCc3ccc(C)c(C#N)c3)c2c1. The average molecular weight is 425 g/mol. The van der Waals surface area contributed by atoms with Crippen LogP contribution in [0, 0.1) is 24.8 Å². The molecule has 2 aromatic carbocycles. The first-order valence-electron chi connectivity index (χ1n) is 10.9. The summed E-state index contributed by atoms with van der Waals surface area (Å²) in [6.45, 7) is 9.86. The smallest absolute Gasteiger partial charge is 0.188 e. The Kier molecular flexibility index (Phi) is 5.13. The van der Waals surface area contributed by atoms with Crippen molar-refractivity contribution < 1.29 is 5.11 Å². The zero-order chi connectivity index (χ0) is 22.2. The maximum absolute atomic E-state index is 10.2. The van der Waals surface area contributed by atoms with E-state index in [0.29, 0.717) is 23.6 Å². The van der Waals surface area contributed by atoms with Crippen LogP contribution >= 0.6 is 0 Å². The molecule has 0 amide bonds. The van der Waals surface area contributed by atoms with Crippen LogP contribution in [0.3, 0.4) is 0 Å². The van der Waals surface area contributed by atoms with Crippen LogP contribution in [0.25, 0.3) is 15.6 Å². The predicted octanol–water partition coefficient (Wildman–Crippen LogP) is 4.46. The molecular weight excluding hydrogens is 400 g/mol. The molecule has 0 spiro atoms. The Morgan fingerprint density at radius 3 is 2.66 bits per heavy atom. The summed E-state index contributed by atoms with van der Waals surface area (Å²) in [4.78, 5) is 5.93. The molecule has 5 rings (SSSR count). The van der Waals surface area contributed by atoms with Crippen LogP contribution in [0.2, 0.25) is 0 Å². The number of hydrogen-bond donors (Lipinski definition) is 2. The lowest BCUT2D eigenvalue weighted by molar-refractivity contribution is 0.126. The van der Waals surface area contributed by atoms with E-state index in [1.54, 1.807) is 0 Å². The molecule has 1 aromatic heterocycles. The van der Waals surface area contributed by atoms with E-state index in [9.17, 15) is 10.4 Å². The van der Waals surface area contributed by atoms with Crippen molar-refractivity contribution >= 4 is 28.1 Å². The molecule has 2 N–H and O–H groups in total. The number of aliphatic hydroxyl groups is 1. The highest BCUT2D eigenvalue weighted by Gasteiger charge is 2.41. The largest absolute Gasteiger partial charge is 0.393 e. The Morgan fingerprint density at radius 2 is 1.94 bits per heavy atom. The van der Waals surface area contributed by atoms with Crippen LogP contribution in [0.5, 0.6) is 0 Å². The van der Waals surface area contributed by atoms with Crippen LogP contribution in [0.4, 0.5) is 17.3 Å². The van der Waals surface area contributed by atoms with Gasteiger partial charge < -0.3 is 15.3 Å². The van der Waals surface area contributed by atoms with Crippen molar-refractivity contribution in [2.75, 3.05) is 10.2 Å². The molecule has 0 aliphatic carbocycles. The van der Waals surface area contributed by atoms with Crippen molar-refractivity contribution in [1.82, 2.24) is 10.2 Å². The first-order chi connectivity index (χ1) is 15.6. The van der Waals surface area contributed by atoms with Gasteiger partial charge in [0.1, 0.15) is 0 Å². The fourth-order valence-electron chi connectivity index (χ4n) is 5.10. The van der Waals surface area contributed by atoms with Crippen molar-refractivity contribution in [3.63, 3.8) is 0 Å². The summed E-state index contributed by atoms with van der Waals surface area (Å²) in [6.07, 6.45) is 3.38. The van der Waals surface area contributed by atoms with Crippen LogP contribution in [0.15, 0.2) is 36.4 Å². The van der Waals surface area contributed by atoms with Crippen molar-refractivity contribution in [3.8, 4) is 6.07 Å². The minimum Gasteiger partial charge on any atom is -0.393 e. The molecule has 7 nitrogen and oxygen atoms in total. The van der Waals surface area contributed by atoms with Crippen molar-refractivity contribution in [3.05, 3.63) is 64.5 Å². The van der Waals surface area contributed by atoms with Crippen LogP contribution < -0.4 is 10.2 Å². The molecule has 3 heterocycles. The van der Waals surface area contributed by atoms with Gasteiger partial charge in [0.15, 0.2) is 17.3 Å². The summed E-state index contributed by atoms with van der Waals surface area (Å²) in [5, 5.41) is 33.8. The number of nitriles is 1. The number of hydrogen-bond acceptors (Lipinski definition) is 6. The monoisotopic (exact) mass is 424 g/mol. The Morgan fingerprint density at radius 1 is 1.16 bits per heavy atom. The molecule has 2 atom stereocenters. The lowest BCUT2D eigenvalue weighted by Crippen LogP contribution is -2.45. The molecule has 3 aromatic rings. The summed E-state index contributed by atoms with van der Waals surface area (Å²) in [5.41, 5.74) is 3.15. The van der Waals surface area contributed by atoms with E-state index < -0.39 is 0 Å². The average Bonchev–Trinajstić information content (AvgIpc) is 3.08. The van der Waals surface area contributed by atoms with Gasteiger partial charge in [-0.05, 0) is 55.9 Å². The van der Waals surface area contributed by atoms with E-state index in [4.69, 9.17) is 6.57 Å². The maximum atomic E-state index is 10.2. The van der Waals surface area contributed by atoms with E-state index in [-0.39, 0.29) is 18.2 Å². The van der Waals surface area contributed by atoms with Gasteiger partial charge in [-0.1, -0.05) is 24.3 Å². The molecule has 7 heteroatoms. The molecule has 2 saturated heterocycles. The van der Waals surface area contributed by atoms with Crippen molar-refractivity contribution in [2.24, 2.45) is 0 Å². The van der Waals surface area contributed by atoms with E-state index in [0.717, 1.165) is 53.4 Å². The van der Waals surface area contributed by atoms with Gasteiger partial charge in [0.25, 0.3) is 0 Å². The summed E-state index contributed by atoms with van der Waals surface area (Å²) < 4.78 is 0. The summed E-state index contributed by atoms with van der Waals surface area (Å²) in [6, 6.07) is 14.2. The summed E-state index contributed by atoms with van der Waals surface area (Å²) >= 11 is 0. The summed E-state index contributed by atoms with van der Waals surface area (Å²) in [7, 11) is 0. The van der Waals surface area contributed by atoms with E-state index in [1.165, 1.54) is 0 Å². The highest BCUT2D eigenvalue weighted by atomic mass is 16.3. The second-order valence-electron chi connectivity index (χ2n) is 8.75. The van der Waals surface area contributed by atoms with Crippen molar-refractivity contribution in [2.45, 2.75) is 57.3 Å². The van der Waals surface area contributed by atoms with Gasteiger partial charge in [0.2, 0.25) is 0 Å².